The van der Waals surface area contributed by atoms with Gasteiger partial charge >= 0.3 is 5.97 Å². The number of carbonyl (C=O) groups is 1. The predicted molar refractivity (Wildman–Crippen MR) is 58.0 cm³/mol. The molecule has 0 saturated carbocycles. The van der Waals surface area contributed by atoms with Crippen LogP contribution in [0.15, 0.2) is 0 Å². The Kier molecular flexibility index (Phi) is 4.88. The molecule has 1 N–H and O–H groups in total. The summed E-state index contributed by atoms with van der Waals surface area (Å²) < 4.78 is 1.80. The molecule has 6 nitrogen and oxygen atoms in total. The summed E-state index contributed by atoms with van der Waals surface area (Å²) in [6, 6.07) is 0. The van der Waals surface area contributed by atoms with Gasteiger partial charge in [0.05, 0.1) is 0 Å². The molecule has 0 fully saturated rings. The van der Waals surface area contributed by atoms with Gasteiger partial charge in [0.2, 0.25) is 0 Å². The highest BCUT2D eigenvalue weighted by atomic mass is 16.4. The molecular formula is C10H18N4O2. The second-order valence-corrected chi connectivity index (χ2v) is 4.12. The number of carboxylic acids is 1. The third-order valence-corrected chi connectivity index (χ3v) is 2.34. The zero-order valence-corrected chi connectivity index (χ0v) is 9.76. The number of rotatable bonds is 7. The van der Waals surface area contributed by atoms with Crippen LogP contribution in [0, 0.1) is 0 Å². The van der Waals surface area contributed by atoms with E-state index in [0.717, 1.165) is 25.2 Å². The Bertz CT molecular complexity index is 335. The average Bonchev–Trinajstić information content (AvgIpc) is 2.65. The minimum atomic E-state index is -0.731. The Labute approximate surface area is 94.7 Å². The fourth-order valence-electron chi connectivity index (χ4n) is 1.50. The standard InChI is InChI=1S/C10H18N4O2/c1-8(2)10-11-12-13-14(10)7-5-3-4-6-9(15)16/h8H,3-7H2,1-2H3,(H,15,16). The number of hydrogen-bond donors (Lipinski definition) is 1. The van der Waals surface area contributed by atoms with Crippen LogP contribution in [-0.4, -0.2) is 31.3 Å². The molecular weight excluding hydrogens is 208 g/mol. The normalized spacial score (nSPS) is 10.9. The van der Waals surface area contributed by atoms with Crippen molar-refractivity contribution in [1.82, 2.24) is 20.2 Å². The Morgan fingerprint density at radius 2 is 2.12 bits per heavy atom. The van der Waals surface area contributed by atoms with Crippen molar-refractivity contribution in [3.8, 4) is 0 Å². The van der Waals surface area contributed by atoms with E-state index in [1.54, 1.807) is 4.68 Å². The Morgan fingerprint density at radius 1 is 1.38 bits per heavy atom. The Balaban J connectivity index is 2.26. The second kappa shape index (κ2) is 6.19. The van der Waals surface area contributed by atoms with E-state index in [1.165, 1.54) is 0 Å². The van der Waals surface area contributed by atoms with E-state index in [2.05, 4.69) is 15.5 Å². The predicted octanol–water partition coefficient (Wildman–Crippen LogP) is 1.44. The summed E-state index contributed by atoms with van der Waals surface area (Å²) >= 11 is 0. The van der Waals surface area contributed by atoms with E-state index in [0.29, 0.717) is 12.3 Å². The lowest BCUT2D eigenvalue weighted by atomic mass is 10.2. The van der Waals surface area contributed by atoms with Crippen molar-refractivity contribution in [2.24, 2.45) is 0 Å². The lowest BCUT2D eigenvalue weighted by Gasteiger charge is -2.06. The van der Waals surface area contributed by atoms with Gasteiger partial charge in [0.15, 0.2) is 5.82 Å². The van der Waals surface area contributed by atoms with Gasteiger partial charge in [-0.1, -0.05) is 20.3 Å². The van der Waals surface area contributed by atoms with Gasteiger partial charge in [-0.2, -0.15) is 0 Å². The minimum absolute atomic E-state index is 0.243. The zero-order valence-electron chi connectivity index (χ0n) is 9.76. The number of aryl methyl sites for hydroxylation is 1. The maximum absolute atomic E-state index is 10.3. The summed E-state index contributed by atoms with van der Waals surface area (Å²) in [6.07, 6.45) is 2.77. The van der Waals surface area contributed by atoms with Gasteiger partial charge < -0.3 is 5.11 Å². The van der Waals surface area contributed by atoms with Crippen LogP contribution in [0.4, 0.5) is 0 Å². The van der Waals surface area contributed by atoms with Crippen LogP contribution < -0.4 is 0 Å². The molecule has 0 aliphatic heterocycles. The first-order valence-electron chi connectivity index (χ1n) is 5.59. The smallest absolute Gasteiger partial charge is 0.303 e. The minimum Gasteiger partial charge on any atom is -0.481 e. The van der Waals surface area contributed by atoms with Crippen molar-refractivity contribution < 1.29 is 9.90 Å². The van der Waals surface area contributed by atoms with Gasteiger partial charge in [-0.3, -0.25) is 4.79 Å². The van der Waals surface area contributed by atoms with Crippen molar-refractivity contribution in [2.45, 2.75) is 52.0 Å². The molecule has 16 heavy (non-hydrogen) atoms. The first-order valence-corrected chi connectivity index (χ1v) is 5.59. The molecule has 0 spiro atoms. The quantitative estimate of drug-likeness (QED) is 0.711. The summed E-state index contributed by atoms with van der Waals surface area (Å²) in [6.45, 7) is 4.86. The third kappa shape index (κ3) is 3.96. The summed E-state index contributed by atoms with van der Waals surface area (Å²) in [5.41, 5.74) is 0. The molecule has 0 atom stereocenters. The van der Waals surface area contributed by atoms with E-state index in [1.807, 2.05) is 13.8 Å². The molecule has 0 radical (unpaired) electrons. The van der Waals surface area contributed by atoms with Gasteiger partial charge in [-0.05, 0) is 23.3 Å². The average molecular weight is 226 g/mol. The molecule has 0 amide bonds. The number of hydrogen-bond acceptors (Lipinski definition) is 4. The zero-order chi connectivity index (χ0) is 12.0. The van der Waals surface area contributed by atoms with E-state index in [9.17, 15) is 4.79 Å². The lowest BCUT2D eigenvalue weighted by molar-refractivity contribution is -0.137. The second-order valence-electron chi connectivity index (χ2n) is 4.12. The molecule has 0 aliphatic carbocycles. The van der Waals surface area contributed by atoms with E-state index < -0.39 is 5.97 Å². The fourth-order valence-corrected chi connectivity index (χ4v) is 1.50. The molecule has 0 aromatic carbocycles. The molecule has 0 saturated heterocycles. The van der Waals surface area contributed by atoms with Crippen LogP contribution in [0.2, 0.25) is 0 Å². The lowest BCUT2D eigenvalue weighted by Crippen LogP contribution is -2.07. The van der Waals surface area contributed by atoms with Gasteiger partial charge in [-0.25, -0.2) is 4.68 Å². The maximum Gasteiger partial charge on any atom is 0.303 e. The summed E-state index contributed by atoms with van der Waals surface area (Å²) in [7, 11) is 0. The van der Waals surface area contributed by atoms with Gasteiger partial charge in [0.25, 0.3) is 0 Å². The van der Waals surface area contributed by atoms with Crippen LogP contribution in [-0.2, 0) is 11.3 Å². The van der Waals surface area contributed by atoms with Crippen LogP contribution in [0.25, 0.3) is 0 Å². The largest absolute Gasteiger partial charge is 0.481 e. The molecule has 90 valence electrons. The first-order chi connectivity index (χ1) is 7.61. The van der Waals surface area contributed by atoms with Crippen LogP contribution in [0.3, 0.4) is 0 Å². The number of tetrazole rings is 1. The number of carboxylic acid groups (broad SMARTS) is 1. The summed E-state index contributed by atoms with van der Waals surface area (Å²) in [4.78, 5) is 10.3. The van der Waals surface area contributed by atoms with E-state index in [-0.39, 0.29) is 6.42 Å². The van der Waals surface area contributed by atoms with Gasteiger partial charge in [-0.15, -0.1) is 5.10 Å². The summed E-state index contributed by atoms with van der Waals surface area (Å²) in [5.74, 6) is 0.470. The highest BCUT2D eigenvalue weighted by Gasteiger charge is 2.09. The fraction of sp³-hybridized carbons (Fsp3) is 0.800. The molecule has 0 unspecified atom stereocenters. The first kappa shape index (κ1) is 12.6. The van der Waals surface area contributed by atoms with Gasteiger partial charge in [0, 0.05) is 18.9 Å². The number of aliphatic carboxylic acids is 1. The number of nitrogens with zero attached hydrogens (tertiary/aromatic N) is 4. The summed E-state index contributed by atoms with van der Waals surface area (Å²) in [5, 5.41) is 20.0. The van der Waals surface area contributed by atoms with Crippen LogP contribution in [0.1, 0.15) is 51.3 Å². The molecule has 1 aromatic heterocycles. The van der Waals surface area contributed by atoms with Gasteiger partial charge in [0.1, 0.15) is 0 Å². The Hall–Kier alpha value is -1.46. The van der Waals surface area contributed by atoms with Crippen molar-refractivity contribution in [1.29, 1.82) is 0 Å². The number of unbranched alkanes of at least 4 members (excludes halogenated alkanes) is 2. The molecule has 6 heteroatoms. The van der Waals surface area contributed by atoms with E-state index >= 15 is 0 Å². The molecule has 1 rings (SSSR count). The van der Waals surface area contributed by atoms with Crippen molar-refractivity contribution in [2.75, 3.05) is 0 Å². The monoisotopic (exact) mass is 226 g/mol. The molecule has 0 aliphatic rings. The molecule has 1 aromatic rings. The molecule has 0 bridgehead atoms. The van der Waals surface area contributed by atoms with Crippen molar-refractivity contribution in [3.63, 3.8) is 0 Å². The SMILES string of the molecule is CC(C)c1nnnn1CCCCCC(=O)O. The highest BCUT2D eigenvalue weighted by molar-refractivity contribution is 5.66. The van der Waals surface area contributed by atoms with Crippen molar-refractivity contribution in [3.05, 3.63) is 5.82 Å². The highest BCUT2D eigenvalue weighted by Crippen LogP contribution is 2.10. The van der Waals surface area contributed by atoms with Crippen molar-refractivity contribution >= 4 is 5.97 Å². The van der Waals surface area contributed by atoms with E-state index in [4.69, 9.17) is 5.11 Å². The number of aromatic nitrogens is 4. The van der Waals surface area contributed by atoms with Crippen LogP contribution in [0.5, 0.6) is 0 Å². The topological polar surface area (TPSA) is 80.9 Å². The Morgan fingerprint density at radius 3 is 2.75 bits per heavy atom. The maximum atomic E-state index is 10.3. The third-order valence-electron chi connectivity index (χ3n) is 2.34. The molecule has 1 heterocycles. The van der Waals surface area contributed by atoms with Crippen LogP contribution >= 0.6 is 0 Å².